The lowest BCUT2D eigenvalue weighted by molar-refractivity contribution is -0.166. The third-order valence-corrected chi connectivity index (χ3v) is 9.64. The predicted octanol–water partition coefficient (Wildman–Crippen LogP) is 4.92. The smallest absolute Gasteiger partial charge is 0.345 e. The van der Waals surface area contributed by atoms with Crippen LogP contribution in [0.5, 0.6) is 57.5 Å². The first-order chi connectivity index (χ1) is 29.4. The number of phenols is 9. The number of esters is 2. The van der Waals surface area contributed by atoms with Crippen molar-refractivity contribution in [3.8, 4) is 57.5 Å². The van der Waals surface area contributed by atoms with Gasteiger partial charge in [-0.25, -0.2) is 14.4 Å². The molecule has 4 unspecified atom stereocenters. The van der Waals surface area contributed by atoms with E-state index in [-0.39, 0.29) is 51.1 Å². The summed E-state index contributed by atoms with van der Waals surface area (Å²) < 4.78 is 16.6. The molecule has 0 radical (unpaired) electrons. The fourth-order valence-electron chi connectivity index (χ4n) is 6.56. The van der Waals surface area contributed by atoms with E-state index in [1.54, 1.807) is 0 Å². The standard InChI is InChI=1S/C44H36O18/c45-26-8-1-21(14-30(26)49)17-34(42(55)56)60-36(53)12-3-20-13-24(39(54)33(52)16-20)5-4-23-6-11-29(48)41-37(23)38(40(62-41)25-7-10-28(47)32(51)19-25)44(59)61-35(43(57)58)18-22-2-9-27(46)31(50)15-22/h1-16,19,34-35,38,40,45-52,54H,17-18H2,(H,55,56)(H,57,58). The number of carboxylic acid groups (broad SMARTS) is 2. The van der Waals surface area contributed by atoms with E-state index < -0.39 is 106 Å². The van der Waals surface area contributed by atoms with Crippen molar-refractivity contribution in [3.05, 3.63) is 124 Å². The lowest BCUT2D eigenvalue weighted by Gasteiger charge is -2.22. The molecule has 0 saturated carbocycles. The molecule has 6 rings (SSSR count). The van der Waals surface area contributed by atoms with Crippen LogP contribution in [0.1, 0.15) is 51.0 Å². The Morgan fingerprint density at radius 2 is 1.10 bits per heavy atom. The van der Waals surface area contributed by atoms with Gasteiger partial charge in [0.25, 0.3) is 0 Å². The highest BCUT2D eigenvalue weighted by molar-refractivity contribution is 5.91. The number of hydrogen-bond donors (Lipinski definition) is 11. The second-order valence-electron chi connectivity index (χ2n) is 13.9. The number of aromatic hydroxyl groups is 9. The van der Waals surface area contributed by atoms with Crippen LogP contribution in [0.3, 0.4) is 0 Å². The van der Waals surface area contributed by atoms with Crippen LogP contribution in [0, 0.1) is 0 Å². The van der Waals surface area contributed by atoms with Crippen molar-refractivity contribution in [1.29, 1.82) is 0 Å². The molecule has 320 valence electrons. The summed E-state index contributed by atoms with van der Waals surface area (Å²) in [6.07, 6.45) is -1.10. The van der Waals surface area contributed by atoms with Crippen molar-refractivity contribution in [2.24, 2.45) is 0 Å². The molecule has 4 atom stereocenters. The Labute approximate surface area is 349 Å². The second-order valence-corrected chi connectivity index (χ2v) is 13.9. The van der Waals surface area contributed by atoms with Gasteiger partial charge in [-0.1, -0.05) is 36.4 Å². The molecule has 5 aromatic carbocycles. The highest BCUT2D eigenvalue weighted by atomic mass is 16.6. The summed E-state index contributed by atoms with van der Waals surface area (Å²) in [4.78, 5) is 51.0. The van der Waals surface area contributed by atoms with Crippen LogP contribution in [-0.2, 0) is 41.5 Å². The number of carbonyl (C=O) groups excluding carboxylic acids is 2. The first-order valence-corrected chi connectivity index (χ1v) is 18.2. The fourth-order valence-corrected chi connectivity index (χ4v) is 6.56. The van der Waals surface area contributed by atoms with Crippen molar-refractivity contribution in [3.63, 3.8) is 0 Å². The number of ether oxygens (including phenoxy) is 3. The Kier molecular flexibility index (Phi) is 12.3. The van der Waals surface area contributed by atoms with E-state index in [2.05, 4.69) is 0 Å². The monoisotopic (exact) mass is 852 g/mol. The summed E-state index contributed by atoms with van der Waals surface area (Å²) in [5.41, 5.74) is 0.680. The summed E-state index contributed by atoms with van der Waals surface area (Å²) in [5, 5.41) is 111. The molecule has 1 aliphatic rings. The van der Waals surface area contributed by atoms with Gasteiger partial charge in [0.05, 0.1) is 0 Å². The van der Waals surface area contributed by atoms with Gasteiger partial charge in [0, 0.05) is 30.0 Å². The van der Waals surface area contributed by atoms with Gasteiger partial charge in [0.2, 0.25) is 12.2 Å². The highest BCUT2D eigenvalue weighted by Crippen LogP contribution is 2.53. The van der Waals surface area contributed by atoms with Gasteiger partial charge < -0.3 is 70.4 Å². The average molecular weight is 853 g/mol. The lowest BCUT2D eigenvalue weighted by atomic mass is 9.87. The van der Waals surface area contributed by atoms with E-state index in [1.807, 2.05) is 0 Å². The molecular formula is C44H36O18. The molecule has 18 nitrogen and oxygen atoms in total. The van der Waals surface area contributed by atoms with Gasteiger partial charge in [-0.15, -0.1) is 0 Å². The van der Waals surface area contributed by atoms with Crippen LogP contribution < -0.4 is 4.74 Å². The molecule has 0 fully saturated rings. The summed E-state index contributed by atoms with van der Waals surface area (Å²) in [6.45, 7) is 0. The zero-order valence-corrected chi connectivity index (χ0v) is 31.8. The molecular weight excluding hydrogens is 816 g/mol. The van der Waals surface area contributed by atoms with Crippen molar-refractivity contribution >= 4 is 42.1 Å². The van der Waals surface area contributed by atoms with Gasteiger partial charge in [-0.05, 0) is 88.5 Å². The van der Waals surface area contributed by atoms with Gasteiger partial charge in [-0.2, -0.15) is 0 Å². The molecule has 5 aromatic rings. The Morgan fingerprint density at radius 1 is 0.565 bits per heavy atom. The van der Waals surface area contributed by atoms with Crippen LogP contribution in [0.4, 0.5) is 0 Å². The molecule has 0 bridgehead atoms. The molecule has 1 heterocycles. The minimum Gasteiger partial charge on any atom is -0.504 e. The zero-order valence-electron chi connectivity index (χ0n) is 31.8. The summed E-state index contributed by atoms with van der Waals surface area (Å²) in [7, 11) is 0. The average Bonchev–Trinajstić information content (AvgIpc) is 3.63. The number of benzene rings is 5. The third kappa shape index (κ3) is 9.50. The maximum atomic E-state index is 14.2. The Morgan fingerprint density at radius 3 is 1.66 bits per heavy atom. The fraction of sp³-hybridized carbons (Fsp3) is 0.136. The Bertz CT molecular complexity index is 2650. The number of carboxylic acids is 2. The number of carbonyl (C=O) groups is 4. The summed E-state index contributed by atoms with van der Waals surface area (Å²) in [6, 6.07) is 15.6. The largest absolute Gasteiger partial charge is 0.504 e. The Hall–Kier alpha value is -8.54. The minimum atomic E-state index is -1.85. The van der Waals surface area contributed by atoms with Gasteiger partial charge in [-0.3, -0.25) is 4.79 Å². The van der Waals surface area contributed by atoms with E-state index in [9.17, 15) is 75.3 Å². The van der Waals surface area contributed by atoms with Crippen LogP contribution >= 0.6 is 0 Å². The number of hydrogen-bond acceptors (Lipinski definition) is 16. The van der Waals surface area contributed by atoms with Crippen LogP contribution in [0.25, 0.3) is 18.2 Å². The number of phenolic OH excluding ortho intramolecular Hbond substituents is 9. The zero-order chi connectivity index (χ0) is 45.0. The normalized spacial score (nSPS) is 15.4. The third-order valence-electron chi connectivity index (χ3n) is 9.64. The number of rotatable bonds is 14. The van der Waals surface area contributed by atoms with E-state index >= 15 is 0 Å². The van der Waals surface area contributed by atoms with Crippen molar-refractivity contribution in [2.75, 3.05) is 0 Å². The number of aliphatic carboxylic acids is 2. The molecule has 0 aliphatic carbocycles. The SMILES string of the molecule is O=C(C=Cc1cc(O)c(O)c(C=Cc2ccc(O)c3c2C(C(=O)OC(Cc2ccc(O)c(O)c2)C(=O)O)C(c2ccc(O)c(O)c2)O3)c1)OC(Cc1ccc(O)c(O)c1)C(=O)O. The van der Waals surface area contributed by atoms with E-state index in [1.165, 1.54) is 48.6 Å². The van der Waals surface area contributed by atoms with Crippen LogP contribution in [-0.4, -0.2) is 92.3 Å². The van der Waals surface area contributed by atoms with E-state index in [4.69, 9.17) is 14.2 Å². The van der Waals surface area contributed by atoms with Gasteiger partial charge in [0.15, 0.2) is 57.5 Å². The molecule has 62 heavy (non-hydrogen) atoms. The molecule has 0 saturated heterocycles. The number of fused-ring (bicyclic) bond motifs is 1. The molecule has 0 aromatic heterocycles. The van der Waals surface area contributed by atoms with E-state index in [0.29, 0.717) is 0 Å². The summed E-state index contributed by atoms with van der Waals surface area (Å²) >= 11 is 0. The summed E-state index contributed by atoms with van der Waals surface area (Å²) in [5.74, 6) is -12.0. The molecule has 1 aliphatic heterocycles. The maximum Gasteiger partial charge on any atom is 0.345 e. The first-order valence-electron chi connectivity index (χ1n) is 18.2. The van der Waals surface area contributed by atoms with Crippen molar-refractivity contribution < 1.29 is 89.6 Å². The molecule has 0 spiro atoms. The highest BCUT2D eigenvalue weighted by Gasteiger charge is 2.46. The topological polar surface area (TPSA) is 318 Å². The van der Waals surface area contributed by atoms with Crippen LogP contribution in [0.2, 0.25) is 0 Å². The van der Waals surface area contributed by atoms with E-state index in [0.717, 1.165) is 54.6 Å². The molecule has 0 amide bonds. The Balaban J connectivity index is 1.30. The molecule has 18 heteroatoms. The lowest BCUT2D eigenvalue weighted by Crippen LogP contribution is -2.32. The second kappa shape index (κ2) is 17.8. The quantitative estimate of drug-likeness (QED) is 0.0306. The van der Waals surface area contributed by atoms with Crippen LogP contribution in [0.15, 0.2) is 84.9 Å². The first kappa shape index (κ1) is 43.0. The van der Waals surface area contributed by atoms with Gasteiger partial charge >= 0.3 is 23.9 Å². The van der Waals surface area contributed by atoms with Gasteiger partial charge in [0.1, 0.15) is 12.0 Å². The predicted molar refractivity (Wildman–Crippen MR) is 214 cm³/mol. The van der Waals surface area contributed by atoms with Crippen molar-refractivity contribution in [2.45, 2.75) is 37.1 Å². The minimum absolute atomic E-state index is 0.0340. The van der Waals surface area contributed by atoms with Crippen molar-refractivity contribution in [1.82, 2.24) is 0 Å². The maximum absolute atomic E-state index is 14.2. The molecule has 11 N–H and O–H groups in total.